The highest BCUT2D eigenvalue weighted by Crippen LogP contribution is 2.31. The van der Waals surface area contributed by atoms with Crippen LogP contribution in [0.4, 0.5) is 0 Å². The lowest BCUT2D eigenvalue weighted by Gasteiger charge is -2.39. The van der Waals surface area contributed by atoms with Gasteiger partial charge in [-0.05, 0) is 19.0 Å². The van der Waals surface area contributed by atoms with Gasteiger partial charge in [0.15, 0.2) is 0 Å². The van der Waals surface area contributed by atoms with Gasteiger partial charge in [0.05, 0.1) is 0 Å². The van der Waals surface area contributed by atoms with Gasteiger partial charge in [0, 0.05) is 37.8 Å². The van der Waals surface area contributed by atoms with Crippen molar-refractivity contribution < 1.29 is 5.11 Å². The highest BCUT2D eigenvalue weighted by molar-refractivity contribution is 5.34. The largest absolute Gasteiger partial charge is 0.508 e. The second-order valence-electron chi connectivity index (χ2n) is 4.95. The van der Waals surface area contributed by atoms with Gasteiger partial charge in [0.2, 0.25) is 0 Å². The van der Waals surface area contributed by atoms with Gasteiger partial charge in [0.25, 0.3) is 0 Å². The van der Waals surface area contributed by atoms with Crippen molar-refractivity contribution in [2.75, 3.05) is 32.7 Å². The Bertz CT molecular complexity index is 373. The van der Waals surface area contributed by atoms with Gasteiger partial charge in [-0.25, -0.2) is 0 Å². The van der Waals surface area contributed by atoms with E-state index in [1.54, 1.807) is 6.07 Å². The SMILES string of the molecule is CCC(c1ccccc1O)N1CCN(CC)CC1. The maximum atomic E-state index is 10.0. The van der Waals surface area contributed by atoms with Crippen LogP contribution in [-0.4, -0.2) is 47.6 Å². The Hall–Kier alpha value is -1.06. The first-order valence-electron chi connectivity index (χ1n) is 7.00. The minimum atomic E-state index is 0.352. The molecule has 1 saturated heterocycles. The van der Waals surface area contributed by atoms with Gasteiger partial charge >= 0.3 is 0 Å². The lowest BCUT2D eigenvalue weighted by Crippen LogP contribution is -2.47. The molecule has 0 spiro atoms. The molecule has 0 amide bonds. The molecule has 0 aliphatic carbocycles. The van der Waals surface area contributed by atoms with E-state index in [0.717, 1.165) is 44.7 Å². The molecule has 1 aromatic rings. The second kappa shape index (κ2) is 6.21. The average Bonchev–Trinajstić information content (AvgIpc) is 2.42. The Morgan fingerprint density at radius 3 is 2.33 bits per heavy atom. The van der Waals surface area contributed by atoms with E-state index in [1.807, 2.05) is 12.1 Å². The van der Waals surface area contributed by atoms with E-state index in [-0.39, 0.29) is 0 Å². The maximum absolute atomic E-state index is 10.0. The van der Waals surface area contributed by atoms with Crippen molar-refractivity contribution in [3.8, 4) is 5.75 Å². The van der Waals surface area contributed by atoms with Crippen LogP contribution in [0, 0.1) is 0 Å². The van der Waals surface area contributed by atoms with Crippen molar-refractivity contribution >= 4 is 0 Å². The Balaban J connectivity index is 2.08. The van der Waals surface area contributed by atoms with Crippen LogP contribution in [0.1, 0.15) is 31.9 Å². The smallest absolute Gasteiger partial charge is 0.120 e. The van der Waals surface area contributed by atoms with Crippen molar-refractivity contribution in [3.05, 3.63) is 29.8 Å². The molecule has 0 bridgehead atoms. The number of phenolic OH excluding ortho intramolecular Hbond substituents is 1. The summed E-state index contributed by atoms with van der Waals surface area (Å²) in [4.78, 5) is 4.98. The summed E-state index contributed by atoms with van der Waals surface area (Å²) < 4.78 is 0. The fraction of sp³-hybridized carbons (Fsp3) is 0.600. The fourth-order valence-electron chi connectivity index (χ4n) is 2.84. The molecule has 1 N–H and O–H groups in total. The van der Waals surface area contributed by atoms with Crippen molar-refractivity contribution in [1.82, 2.24) is 9.80 Å². The van der Waals surface area contributed by atoms with Crippen molar-refractivity contribution in [1.29, 1.82) is 0 Å². The minimum absolute atomic E-state index is 0.352. The molecular formula is C15H24N2O. The summed E-state index contributed by atoms with van der Waals surface area (Å²) in [6, 6.07) is 8.10. The number of hydrogen-bond donors (Lipinski definition) is 1. The Morgan fingerprint density at radius 2 is 1.78 bits per heavy atom. The van der Waals surface area contributed by atoms with Crippen LogP contribution >= 0.6 is 0 Å². The lowest BCUT2D eigenvalue weighted by molar-refractivity contribution is 0.0960. The van der Waals surface area contributed by atoms with Gasteiger partial charge in [-0.3, -0.25) is 4.90 Å². The highest BCUT2D eigenvalue weighted by atomic mass is 16.3. The lowest BCUT2D eigenvalue weighted by atomic mass is 10.0. The van der Waals surface area contributed by atoms with E-state index >= 15 is 0 Å². The molecular weight excluding hydrogens is 224 g/mol. The number of hydrogen-bond acceptors (Lipinski definition) is 3. The van der Waals surface area contributed by atoms with E-state index < -0.39 is 0 Å². The van der Waals surface area contributed by atoms with Crippen LogP contribution in [0.5, 0.6) is 5.75 Å². The van der Waals surface area contributed by atoms with Crippen LogP contribution < -0.4 is 0 Å². The molecule has 0 aromatic heterocycles. The molecule has 3 heteroatoms. The number of rotatable bonds is 4. The predicted molar refractivity (Wildman–Crippen MR) is 74.8 cm³/mol. The Morgan fingerprint density at radius 1 is 1.11 bits per heavy atom. The van der Waals surface area contributed by atoms with Crippen molar-refractivity contribution in [3.63, 3.8) is 0 Å². The summed E-state index contributed by atoms with van der Waals surface area (Å²) in [6.07, 6.45) is 1.05. The van der Waals surface area contributed by atoms with Gasteiger partial charge in [-0.15, -0.1) is 0 Å². The molecule has 1 aliphatic rings. The molecule has 1 unspecified atom stereocenters. The van der Waals surface area contributed by atoms with Gasteiger partial charge in [-0.2, -0.15) is 0 Å². The van der Waals surface area contributed by atoms with Crippen LogP contribution in [0.3, 0.4) is 0 Å². The molecule has 0 radical (unpaired) electrons. The first-order chi connectivity index (χ1) is 8.76. The predicted octanol–water partition coefficient (Wildman–Crippen LogP) is 2.48. The average molecular weight is 248 g/mol. The van der Waals surface area contributed by atoms with Gasteiger partial charge in [-0.1, -0.05) is 32.0 Å². The van der Waals surface area contributed by atoms with E-state index in [4.69, 9.17) is 0 Å². The number of piperazine rings is 1. The summed E-state index contributed by atoms with van der Waals surface area (Å²) in [5.74, 6) is 0.433. The maximum Gasteiger partial charge on any atom is 0.120 e. The molecule has 1 heterocycles. The summed E-state index contributed by atoms with van der Waals surface area (Å²) in [6.45, 7) is 10.0. The molecule has 1 aliphatic heterocycles. The first kappa shape index (κ1) is 13.4. The third-order valence-corrected chi connectivity index (χ3v) is 3.98. The molecule has 1 aromatic carbocycles. The highest BCUT2D eigenvalue weighted by Gasteiger charge is 2.24. The molecule has 100 valence electrons. The van der Waals surface area contributed by atoms with Gasteiger partial charge in [0.1, 0.15) is 5.75 Å². The molecule has 2 rings (SSSR count). The topological polar surface area (TPSA) is 26.7 Å². The zero-order valence-electron chi connectivity index (χ0n) is 11.5. The van der Waals surface area contributed by atoms with Crippen LogP contribution in [0.2, 0.25) is 0 Å². The second-order valence-corrected chi connectivity index (χ2v) is 4.95. The molecule has 1 fully saturated rings. The summed E-state index contributed by atoms with van der Waals surface area (Å²) in [7, 11) is 0. The number of para-hydroxylation sites is 1. The van der Waals surface area contributed by atoms with Crippen LogP contribution in [0.15, 0.2) is 24.3 Å². The summed E-state index contributed by atoms with van der Waals surface area (Å²) in [5.41, 5.74) is 1.07. The number of nitrogens with zero attached hydrogens (tertiary/aromatic N) is 2. The number of likely N-dealkylation sites (N-methyl/N-ethyl adjacent to an activating group) is 1. The molecule has 0 saturated carbocycles. The number of aromatic hydroxyl groups is 1. The monoisotopic (exact) mass is 248 g/mol. The minimum Gasteiger partial charge on any atom is -0.508 e. The third-order valence-electron chi connectivity index (χ3n) is 3.98. The fourth-order valence-corrected chi connectivity index (χ4v) is 2.84. The van der Waals surface area contributed by atoms with Crippen molar-refractivity contribution in [2.24, 2.45) is 0 Å². The number of benzene rings is 1. The van der Waals surface area contributed by atoms with Gasteiger partial charge < -0.3 is 10.0 Å². The Labute approximate surface area is 110 Å². The molecule has 18 heavy (non-hydrogen) atoms. The van der Waals surface area contributed by atoms with Crippen LogP contribution in [-0.2, 0) is 0 Å². The van der Waals surface area contributed by atoms with E-state index in [1.165, 1.54) is 0 Å². The third kappa shape index (κ3) is 2.85. The molecule has 3 nitrogen and oxygen atoms in total. The normalized spacial score (nSPS) is 19.9. The quantitative estimate of drug-likeness (QED) is 0.887. The van der Waals surface area contributed by atoms with Crippen molar-refractivity contribution in [2.45, 2.75) is 26.3 Å². The Kier molecular flexibility index (Phi) is 4.61. The standard InChI is InChI=1S/C15H24N2O/c1-3-14(13-7-5-6-8-15(13)18)17-11-9-16(4-2)10-12-17/h5-8,14,18H,3-4,9-12H2,1-2H3. The number of phenols is 1. The van der Waals surface area contributed by atoms with E-state index in [9.17, 15) is 5.11 Å². The van der Waals surface area contributed by atoms with E-state index in [0.29, 0.717) is 11.8 Å². The summed E-state index contributed by atoms with van der Waals surface area (Å²) >= 11 is 0. The summed E-state index contributed by atoms with van der Waals surface area (Å²) in [5, 5.41) is 10.0. The van der Waals surface area contributed by atoms with E-state index in [2.05, 4.69) is 29.7 Å². The zero-order valence-corrected chi connectivity index (χ0v) is 11.5. The first-order valence-corrected chi connectivity index (χ1v) is 7.00. The zero-order chi connectivity index (χ0) is 13.0. The molecule has 1 atom stereocenters. The van der Waals surface area contributed by atoms with Crippen LogP contribution in [0.25, 0.3) is 0 Å².